The Morgan fingerprint density at radius 3 is 1.92 bits per heavy atom. The largest absolute Gasteiger partial charge is 0.394 e. The summed E-state index contributed by atoms with van der Waals surface area (Å²) in [6, 6.07) is 0. The smallest absolute Gasteiger partial charge is 0.218 e. The van der Waals surface area contributed by atoms with Crippen molar-refractivity contribution in [2.24, 2.45) is 0 Å². The molecule has 24 heavy (non-hydrogen) atoms. The highest BCUT2D eigenvalue weighted by Crippen LogP contribution is 2.23. The number of hydrogen-bond donors (Lipinski definition) is 10. The molecule has 2 aliphatic rings. The van der Waals surface area contributed by atoms with Crippen molar-refractivity contribution in [1.82, 2.24) is 0 Å². The van der Waals surface area contributed by atoms with E-state index in [1.165, 1.54) is 0 Å². The molecule has 0 bridgehead atoms. The van der Waals surface area contributed by atoms with Gasteiger partial charge in [0.05, 0.1) is 19.8 Å². The van der Waals surface area contributed by atoms with Crippen molar-refractivity contribution in [1.29, 1.82) is 0 Å². The van der Waals surface area contributed by atoms with E-state index in [9.17, 15) is 5.11 Å². The quantitative estimate of drug-likeness (QED) is 0.222. The lowest BCUT2D eigenvalue weighted by atomic mass is 9.98. The molecule has 0 aromatic carbocycles. The average Bonchev–Trinajstić information content (AvgIpc) is 2.58. The maximum Gasteiger partial charge on any atom is 0.218 e. The molecular formula is C12H24O12. The zero-order valence-electron chi connectivity index (χ0n) is 12.5. The van der Waals surface area contributed by atoms with Crippen LogP contribution in [0.1, 0.15) is 0 Å². The molecule has 144 valence electrons. The van der Waals surface area contributed by atoms with E-state index in [1.54, 1.807) is 0 Å². The van der Waals surface area contributed by atoms with Gasteiger partial charge in [0, 0.05) is 0 Å². The molecule has 12 nitrogen and oxygen atoms in total. The number of hydrogen-bond acceptors (Lipinski definition) is 12. The highest BCUT2D eigenvalue weighted by Gasteiger charge is 2.48. The molecule has 2 rings (SSSR count). The van der Waals surface area contributed by atoms with E-state index >= 15 is 0 Å². The Kier molecular flexibility index (Phi) is 7.86. The Balaban J connectivity index is 0.000000240. The molecule has 0 saturated carbocycles. The Bertz CT molecular complexity index is 378. The first kappa shape index (κ1) is 21.6. The van der Waals surface area contributed by atoms with Crippen LogP contribution < -0.4 is 0 Å². The van der Waals surface area contributed by atoms with Crippen LogP contribution in [0, 0.1) is 0 Å². The van der Waals surface area contributed by atoms with Gasteiger partial charge in [-0.2, -0.15) is 0 Å². The van der Waals surface area contributed by atoms with E-state index in [-0.39, 0.29) is 6.61 Å². The fraction of sp³-hybridized carbons (Fsp3) is 1.00. The van der Waals surface area contributed by atoms with Gasteiger partial charge in [0.2, 0.25) is 5.79 Å². The normalized spacial score (nSPS) is 49.2. The van der Waals surface area contributed by atoms with Crippen LogP contribution in [-0.4, -0.2) is 126 Å². The third-order valence-corrected chi connectivity index (χ3v) is 3.78. The lowest BCUT2D eigenvalue weighted by molar-refractivity contribution is -0.331. The van der Waals surface area contributed by atoms with Gasteiger partial charge in [-0.15, -0.1) is 0 Å². The van der Waals surface area contributed by atoms with Gasteiger partial charge >= 0.3 is 0 Å². The van der Waals surface area contributed by atoms with E-state index in [0.717, 1.165) is 0 Å². The van der Waals surface area contributed by atoms with Crippen molar-refractivity contribution < 1.29 is 60.5 Å². The molecule has 0 radical (unpaired) electrons. The van der Waals surface area contributed by atoms with Crippen LogP contribution in [0.5, 0.6) is 0 Å². The van der Waals surface area contributed by atoms with Gasteiger partial charge < -0.3 is 60.5 Å². The van der Waals surface area contributed by atoms with Gasteiger partial charge in [0.15, 0.2) is 6.29 Å². The van der Waals surface area contributed by atoms with Crippen molar-refractivity contribution in [3.8, 4) is 0 Å². The van der Waals surface area contributed by atoms with Crippen LogP contribution in [0.4, 0.5) is 0 Å². The van der Waals surface area contributed by atoms with Gasteiger partial charge in [-0.3, -0.25) is 0 Å². The monoisotopic (exact) mass is 360 g/mol. The maximum absolute atomic E-state index is 9.24. The molecule has 0 aliphatic carbocycles. The topological polar surface area (TPSA) is 221 Å². The Morgan fingerprint density at radius 2 is 1.42 bits per heavy atom. The van der Waals surface area contributed by atoms with Crippen LogP contribution in [0.25, 0.3) is 0 Å². The minimum Gasteiger partial charge on any atom is -0.394 e. The van der Waals surface area contributed by atoms with Gasteiger partial charge in [-0.05, 0) is 0 Å². The standard InChI is InChI=1S/2C6H12O6/c7-2-6(11)5(10)4(9)3(8)1-12-6;7-1-2-3(8)4(9)5(10)6(11)12-2/h3-5,7-11H,1-2H2;2-11H,1H2/t3-,4-,5+,6+;2-,3-,4+,5+,6+/m11/s1. The van der Waals surface area contributed by atoms with Gasteiger partial charge in [-0.1, -0.05) is 0 Å². The van der Waals surface area contributed by atoms with Crippen LogP contribution in [0.3, 0.4) is 0 Å². The van der Waals surface area contributed by atoms with Gasteiger partial charge in [-0.25, -0.2) is 0 Å². The summed E-state index contributed by atoms with van der Waals surface area (Å²) in [5.41, 5.74) is 0. The van der Waals surface area contributed by atoms with Crippen molar-refractivity contribution >= 4 is 0 Å². The second kappa shape index (κ2) is 8.75. The Hall–Kier alpha value is -0.480. The predicted molar refractivity (Wildman–Crippen MR) is 72.0 cm³/mol. The lowest BCUT2D eigenvalue weighted by Crippen LogP contribution is -2.62. The molecule has 0 aromatic heterocycles. The van der Waals surface area contributed by atoms with E-state index < -0.39 is 68.0 Å². The van der Waals surface area contributed by atoms with E-state index in [2.05, 4.69) is 9.47 Å². The molecule has 2 aliphatic heterocycles. The summed E-state index contributed by atoms with van der Waals surface area (Å²) in [7, 11) is 0. The van der Waals surface area contributed by atoms with Crippen LogP contribution in [0.15, 0.2) is 0 Å². The summed E-state index contributed by atoms with van der Waals surface area (Å²) < 4.78 is 9.13. The Labute approximate surface area is 136 Å². The average molecular weight is 360 g/mol. The third-order valence-electron chi connectivity index (χ3n) is 3.78. The number of ether oxygens (including phenoxy) is 2. The van der Waals surface area contributed by atoms with Crippen molar-refractivity contribution in [3.63, 3.8) is 0 Å². The molecule has 0 amide bonds. The minimum absolute atomic E-state index is 0.324. The highest BCUT2D eigenvalue weighted by molar-refractivity contribution is 4.91. The zero-order valence-corrected chi connectivity index (χ0v) is 12.5. The molecule has 0 spiro atoms. The molecule has 0 unspecified atom stereocenters. The third kappa shape index (κ3) is 4.57. The fourth-order valence-electron chi connectivity index (χ4n) is 2.11. The zero-order chi connectivity index (χ0) is 18.7. The van der Waals surface area contributed by atoms with Crippen molar-refractivity contribution in [3.05, 3.63) is 0 Å². The highest BCUT2D eigenvalue weighted by atomic mass is 16.7. The molecule has 2 fully saturated rings. The summed E-state index contributed by atoms with van der Waals surface area (Å²) in [4.78, 5) is 0. The number of rotatable bonds is 2. The first-order chi connectivity index (χ1) is 11.1. The first-order valence-electron chi connectivity index (χ1n) is 7.09. The predicted octanol–water partition coefficient (Wildman–Crippen LogP) is -6.44. The number of aliphatic hydroxyl groups is 10. The second-order valence-corrected chi connectivity index (χ2v) is 5.54. The fourth-order valence-corrected chi connectivity index (χ4v) is 2.11. The summed E-state index contributed by atoms with van der Waals surface area (Å²) >= 11 is 0. The van der Waals surface area contributed by atoms with E-state index in [1.807, 2.05) is 0 Å². The SMILES string of the molecule is OC[C@H]1O[C@H](O)[C@@H](O)[C@@H](O)[C@@H]1O.OC[C@]1(O)OC[C@@H](O)[C@@H](O)[C@@H]1O. The van der Waals surface area contributed by atoms with E-state index in [0.29, 0.717) is 0 Å². The van der Waals surface area contributed by atoms with Crippen molar-refractivity contribution in [2.75, 3.05) is 19.8 Å². The van der Waals surface area contributed by atoms with Gasteiger partial charge in [0.1, 0.15) is 42.7 Å². The molecule has 12 heteroatoms. The molecule has 9 atom stereocenters. The van der Waals surface area contributed by atoms with Crippen LogP contribution in [-0.2, 0) is 9.47 Å². The molecular weight excluding hydrogens is 336 g/mol. The molecule has 2 saturated heterocycles. The summed E-state index contributed by atoms with van der Waals surface area (Å²) in [6.07, 6.45) is -11.5. The summed E-state index contributed by atoms with van der Waals surface area (Å²) in [5.74, 6) is -2.17. The molecule has 0 aromatic rings. The first-order valence-corrected chi connectivity index (χ1v) is 7.09. The maximum atomic E-state index is 9.24. The van der Waals surface area contributed by atoms with Crippen molar-refractivity contribution in [2.45, 2.75) is 54.8 Å². The van der Waals surface area contributed by atoms with Gasteiger partial charge in [0.25, 0.3) is 0 Å². The molecule has 2 heterocycles. The van der Waals surface area contributed by atoms with E-state index in [4.69, 9.17) is 46.0 Å². The lowest BCUT2D eigenvalue weighted by Gasteiger charge is -2.40. The summed E-state index contributed by atoms with van der Waals surface area (Å²) in [5, 5.41) is 89.6. The summed E-state index contributed by atoms with van der Waals surface area (Å²) in [6.45, 7) is -1.69. The van der Waals surface area contributed by atoms with Crippen LogP contribution in [0.2, 0.25) is 0 Å². The number of aliphatic hydroxyl groups excluding tert-OH is 9. The second-order valence-electron chi connectivity index (χ2n) is 5.54. The molecule has 10 N–H and O–H groups in total. The minimum atomic E-state index is -2.17. The van der Waals surface area contributed by atoms with Crippen LogP contribution >= 0.6 is 0 Å². The Morgan fingerprint density at radius 1 is 0.833 bits per heavy atom.